The number of nitrogens with one attached hydrogen (secondary N) is 1. The van der Waals surface area contributed by atoms with E-state index in [1.165, 1.54) is 12.1 Å². The molecule has 1 aliphatic rings. The third kappa shape index (κ3) is 4.26. The molecule has 4 rings (SSSR count). The molecule has 0 radical (unpaired) electrons. The fourth-order valence-corrected chi connectivity index (χ4v) is 4.38. The normalized spacial score (nSPS) is 14.4. The Kier molecular flexibility index (Phi) is 6.04. The number of nitro groups is 1. The molecule has 0 saturated heterocycles. The van der Waals surface area contributed by atoms with Crippen molar-refractivity contribution in [3.8, 4) is 6.07 Å². The molecule has 2 aromatic carbocycles. The van der Waals surface area contributed by atoms with E-state index >= 15 is 0 Å². The highest BCUT2D eigenvalue weighted by Gasteiger charge is 2.21. The van der Waals surface area contributed by atoms with Gasteiger partial charge in [0.15, 0.2) is 0 Å². The Balaban J connectivity index is 1.70. The molecule has 3 aromatic rings. The Labute approximate surface area is 186 Å². The average molecular weight is 428 g/mol. The molecule has 0 spiro atoms. The number of carbonyl (C=O) groups excluding carboxylic acids is 1. The molecule has 7 nitrogen and oxygen atoms in total. The minimum Gasteiger partial charge on any atom is -0.349 e. The first kappa shape index (κ1) is 21.3. The predicted octanol–water partition coefficient (Wildman–Crippen LogP) is 4.87. The average Bonchev–Trinajstić information content (AvgIpc) is 3.39. The van der Waals surface area contributed by atoms with Crippen LogP contribution in [0.3, 0.4) is 0 Å². The number of nitro benzene ring substituents is 1. The molecule has 0 bridgehead atoms. The van der Waals surface area contributed by atoms with Crippen LogP contribution in [0.4, 0.5) is 5.69 Å². The number of para-hydroxylation sites is 1. The van der Waals surface area contributed by atoms with E-state index in [2.05, 4.69) is 16.0 Å². The van der Waals surface area contributed by atoms with Gasteiger partial charge in [-0.2, -0.15) is 5.26 Å². The summed E-state index contributed by atoms with van der Waals surface area (Å²) in [5.74, 6) is -0.328. The lowest BCUT2D eigenvalue weighted by Gasteiger charge is -2.11. The van der Waals surface area contributed by atoms with Gasteiger partial charge in [-0.15, -0.1) is 0 Å². The van der Waals surface area contributed by atoms with E-state index in [1.807, 2.05) is 31.2 Å². The third-order valence-corrected chi connectivity index (χ3v) is 6.11. The van der Waals surface area contributed by atoms with Crippen molar-refractivity contribution >= 4 is 28.6 Å². The highest BCUT2D eigenvalue weighted by molar-refractivity contribution is 6.04. The Morgan fingerprint density at radius 3 is 2.56 bits per heavy atom. The second-order valence-corrected chi connectivity index (χ2v) is 8.15. The Hall–Kier alpha value is -3.92. The van der Waals surface area contributed by atoms with Gasteiger partial charge in [0.2, 0.25) is 0 Å². The van der Waals surface area contributed by atoms with Crippen molar-refractivity contribution in [1.82, 2.24) is 9.88 Å². The van der Waals surface area contributed by atoms with E-state index < -0.39 is 4.92 Å². The van der Waals surface area contributed by atoms with Gasteiger partial charge in [-0.25, -0.2) is 0 Å². The van der Waals surface area contributed by atoms with Crippen LogP contribution >= 0.6 is 0 Å². The molecule has 1 aliphatic carbocycles. The molecular weight excluding hydrogens is 404 g/mol. The monoisotopic (exact) mass is 428 g/mol. The smallest absolute Gasteiger partial charge is 0.269 e. The van der Waals surface area contributed by atoms with Gasteiger partial charge in [-0.3, -0.25) is 14.9 Å². The van der Waals surface area contributed by atoms with Gasteiger partial charge >= 0.3 is 0 Å². The van der Waals surface area contributed by atoms with Gasteiger partial charge in [0.25, 0.3) is 11.6 Å². The van der Waals surface area contributed by atoms with Crippen molar-refractivity contribution in [1.29, 1.82) is 5.26 Å². The van der Waals surface area contributed by atoms with Crippen LogP contribution in [0.25, 0.3) is 17.0 Å². The number of benzene rings is 2. The lowest BCUT2D eigenvalue weighted by atomic mass is 10.1. The van der Waals surface area contributed by atoms with Crippen LogP contribution in [0.1, 0.15) is 42.5 Å². The highest BCUT2D eigenvalue weighted by atomic mass is 16.6. The summed E-state index contributed by atoms with van der Waals surface area (Å²) in [6.45, 7) is 2.48. The van der Waals surface area contributed by atoms with E-state index in [1.54, 1.807) is 18.2 Å². The molecule has 1 N–H and O–H groups in total. The summed E-state index contributed by atoms with van der Waals surface area (Å²) in [5.41, 5.74) is 3.81. The number of nitrogens with zero attached hydrogens (tertiary/aromatic N) is 3. The van der Waals surface area contributed by atoms with Gasteiger partial charge in [0, 0.05) is 46.9 Å². The molecule has 32 heavy (non-hydrogen) atoms. The van der Waals surface area contributed by atoms with Crippen LogP contribution in [-0.4, -0.2) is 21.4 Å². The van der Waals surface area contributed by atoms with E-state index in [4.69, 9.17) is 0 Å². The van der Waals surface area contributed by atoms with Crippen LogP contribution < -0.4 is 5.32 Å². The number of carbonyl (C=O) groups is 1. The molecule has 0 atom stereocenters. The number of fused-ring (bicyclic) bond motifs is 1. The quantitative estimate of drug-likeness (QED) is 0.262. The summed E-state index contributed by atoms with van der Waals surface area (Å²) in [5, 5.41) is 24.5. The Morgan fingerprint density at radius 1 is 1.22 bits per heavy atom. The standard InChI is InChI=1S/C25H24N4O3/c1-17-23(14-19(15-26)25(30)27-20-6-2-3-7-20)22-8-4-5-9-24(22)28(17)16-18-10-12-21(13-11-18)29(31)32/h4-5,8-14,20H,2-3,6-7,16H2,1H3,(H,27,30)/b19-14-. The molecule has 1 amide bonds. The van der Waals surface area contributed by atoms with E-state index in [0.29, 0.717) is 6.54 Å². The number of hydrogen-bond donors (Lipinski definition) is 1. The molecule has 1 aromatic heterocycles. The van der Waals surface area contributed by atoms with E-state index in [9.17, 15) is 20.2 Å². The van der Waals surface area contributed by atoms with Crippen LogP contribution in [-0.2, 0) is 11.3 Å². The molecule has 7 heteroatoms. The Morgan fingerprint density at radius 2 is 1.91 bits per heavy atom. The number of aromatic nitrogens is 1. The van der Waals surface area contributed by atoms with Gasteiger partial charge in [0.05, 0.1) is 4.92 Å². The summed E-state index contributed by atoms with van der Waals surface area (Å²) in [7, 11) is 0. The summed E-state index contributed by atoms with van der Waals surface area (Å²) >= 11 is 0. The maximum absolute atomic E-state index is 12.7. The van der Waals surface area contributed by atoms with Gasteiger partial charge in [0.1, 0.15) is 11.6 Å². The Bertz CT molecular complexity index is 1240. The van der Waals surface area contributed by atoms with Crippen LogP contribution in [0.5, 0.6) is 0 Å². The van der Waals surface area contributed by atoms with E-state index in [-0.39, 0.29) is 23.2 Å². The second-order valence-electron chi connectivity index (χ2n) is 8.15. The predicted molar refractivity (Wildman–Crippen MR) is 123 cm³/mol. The van der Waals surface area contributed by atoms with Crippen LogP contribution in [0.15, 0.2) is 54.1 Å². The summed E-state index contributed by atoms with van der Waals surface area (Å²) in [6.07, 6.45) is 5.79. The van der Waals surface area contributed by atoms with Crippen molar-refractivity contribution in [2.75, 3.05) is 0 Å². The van der Waals surface area contributed by atoms with Crippen molar-refractivity contribution in [2.24, 2.45) is 0 Å². The van der Waals surface area contributed by atoms with Crippen molar-refractivity contribution in [2.45, 2.75) is 45.2 Å². The van der Waals surface area contributed by atoms with Crippen LogP contribution in [0.2, 0.25) is 0 Å². The molecule has 162 valence electrons. The molecular formula is C25H24N4O3. The third-order valence-electron chi connectivity index (χ3n) is 6.11. The minimum atomic E-state index is -0.414. The first-order valence-electron chi connectivity index (χ1n) is 10.7. The number of nitriles is 1. The van der Waals surface area contributed by atoms with Crippen LogP contribution in [0, 0.1) is 28.4 Å². The largest absolute Gasteiger partial charge is 0.349 e. The number of non-ortho nitro benzene ring substituents is 1. The number of amides is 1. The maximum atomic E-state index is 12.7. The van der Waals surface area contributed by atoms with Crippen molar-refractivity contribution in [3.63, 3.8) is 0 Å². The molecule has 1 saturated carbocycles. The topological polar surface area (TPSA) is 101 Å². The van der Waals surface area contributed by atoms with E-state index in [0.717, 1.165) is 53.4 Å². The maximum Gasteiger partial charge on any atom is 0.269 e. The lowest BCUT2D eigenvalue weighted by Crippen LogP contribution is -2.33. The first-order chi connectivity index (χ1) is 15.5. The lowest BCUT2D eigenvalue weighted by molar-refractivity contribution is -0.384. The van der Waals surface area contributed by atoms with Crippen molar-refractivity contribution < 1.29 is 9.72 Å². The first-order valence-corrected chi connectivity index (χ1v) is 10.7. The number of hydrogen-bond acceptors (Lipinski definition) is 4. The van der Waals surface area contributed by atoms with Gasteiger partial charge in [-0.1, -0.05) is 43.2 Å². The van der Waals surface area contributed by atoms with Gasteiger partial charge in [-0.05, 0) is 37.5 Å². The molecule has 1 heterocycles. The SMILES string of the molecule is Cc1c(/C=C(/C#N)C(=O)NC2CCCC2)c2ccccc2n1Cc1ccc([N+](=O)[O-])cc1. The highest BCUT2D eigenvalue weighted by Crippen LogP contribution is 2.29. The zero-order valence-electron chi connectivity index (χ0n) is 17.9. The van der Waals surface area contributed by atoms with Gasteiger partial charge < -0.3 is 9.88 Å². The fourth-order valence-electron chi connectivity index (χ4n) is 4.38. The zero-order chi connectivity index (χ0) is 22.7. The molecule has 0 unspecified atom stereocenters. The van der Waals surface area contributed by atoms with Crippen molar-refractivity contribution in [3.05, 3.63) is 81.0 Å². The zero-order valence-corrected chi connectivity index (χ0v) is 17.9. The summed E-state index contributed by atoms with van der Waals surface area (Å²) in [4.78, 5) is 23.2. The second kappa shape index (κ2) is 9.06. The molecule has 0 aliphatic heterocycles. The molecule has 1 fully saturated rings. The summed E-state index contributed by atoms with van der Waals surface area (Å²) in [6, 6.07) is 16.5. The fraction of sp³-hybridized carbons (Fsp3) is 0.280. The summed E-state index contributed by atoms with van der Waals surface area (Å²) < 4.78 is 2.10. The minimum absolute atomic E-state index is 0.0541. The number of rotatable bonds is 6.